The number of benzene rings is 2. The maximum atomic E-state index is 13.2. The standard InChI is InChI=1S/C36H42Cl4O8/c1-17-13-23(21(17)5)9-7-11-45-33(41)27-29(39)19(3)15-25(37)31(27)47-35(43)36(44)48-32-26(38)16-20(4)30(40)28(32)34(42)46-12-8-10-24-14-18(2)22(24)6/h15-18,21-24H,7-14H2,1-6H3. The molecule has 0 radical (unpaired) electrons. The largest absolute Gasteiger partial charge is 0.462 e. The van der Waals surface area contributed by atoms with Crippen molar-refractivity contribution in [1.29, 1.82) is 0 Å². The molecule has 0 heterocycles. The molecule has 2 aliphatic rings. The normalized spacial score (nSPS) is 23.0. The lowest BCUT2D eigenvalue weighted by molar-refractivity contribution is -0.156. The van der Waals surface area contributed by atoms with Crippen LogP contribution in [0.5, 0.6) is 11.5 Å². The molecule has 6 unspecified atom stereocenters. The molecule has 8 nitrogen and oxygen atoms in total. The van der Waals surface area contributed by atoms with Crippen molar-refractivity contribution in [2.75, 3.05) is 13.2 Å². The van der Waals surface area contributed by atoms with E-state index in [0.717, 1.165) is 25.7 Å². The van der Waals surface area contributed by atoms with E-state index in [1.165, 1.54) is 12.1 Å². The van der Waals surface area contributed by atoms with Crippen molar-refractivity contribution in [3.05, 3.63) is 54.5 Å². The molecule has 0 aliphatic heterocycles. The summed E-state index contributed by atoms with van der Waals surface area (Å²) in [5.41, 5.74) is 0.239. The van der Waals surface area contributed by atoms with Crippen molar-refractivity contribution < 1.29 is 38.1 Å². The Morgan fingerprint density at radius 3 is 1.31 bits per heavy atom. The van der Waals surface area contributed by atoms with Crippen LogP contribution >= 0.6 is 46.4 Å². The fourth-order valence-corrected chi connectivity index (χ4v) is 7.61. The molecule has 0 saturated heterocycles. The van der Waals surface area contributed by atoms with Gasteiger partial charge in [0.15, 0.2) is 11.5 Å². The van der Waals surface area contributed by atoms with E-state index < -0.39 is 35.4 Å². The Labute approximate surface area is 302 Å². The average Bonchev–Trinajstić information content (AvgIpc) is 3.04. The molecular weight excluding hydrogens is 702 g/mol. The molecule has 2 aliphatic carbocycles. The number of ether oxygens (including phenoxy) is 4. The summed E-state index contributed by atoms with van der Waals surface area (Å²) in [5, 5.41) is -0.425. The van der Waals surface area contributed by atoms with Gasteiger partial charge >= 0.3 is 23.9 Å². The molecule has 0 amide bonds. The number of halogens is 4. The van der Waals surface area contributed by atoms with Crippen molar-refractivity contribution in [3.63, 3.8) is 0 Å². The number of aryl methyl sites for hydroxylation is 2. The summed E-state index contributed by atoms with van der Waals surface area (Å²) in [4.78, 5) is 52.4. The van der Waals surface area contributed by atoms with Crippen molar-refractivity contribution >= 4 is 70.3 Å². The van der Waals surface area contributed by atoms with Gasteiger partial charge in [-0.05, 0) is 111 Å². The van der Waals surface area contributed by atoms with Crippen LogP contribution in [-0.4, -0.2) is 37.1 Å². The van der Waals surface area contributed by atoms with Gasteiger partial charge in [-0.2, -0.15) is 0 Å². The predicted molar refractivity (Wildman–Crippen MR) is 186 cm³/mol. The van der Waals surface area contributed by atoms with Crippen LogP contribution in [0.25, 0.3) is 0 Å². The van der Waals surface area contributed by atoms with Crippen LogP contribution in [0.15, 0.2) is 12.1 Å². The van der Waals surface area contributed by atoms with E-state index in [-0.39, 0.29) is 44.4 Å². The number of carbonyl (C=O) groups is 4. The fraction of sp³-hybridized carbons (Fsp3) is 0.556. The van der Waals surface area contributed by atoms with E-state index in [9.17, 15) is 19.2 Å². The number of esters is 4. The summed E-state index contributed by atoms with van der Waals surface area (Å²) in [6, 6.07) is 2.76. The molecule has 262 valence electrons. The summed E-state index contributed by atoms with van der Waals surface area (Å²) < 4.78 is 21.5. The maximum absolute atomic E-state index is 13.2. The second-order valence-electron chi connectivity index (χ2n) is 13.4. The smallest absolute Gasteiger partial charge is 0.423 e. The van der Waals surface area contributed by atoms with Crippen LogP contribution in [0.4, 0.5) is 0 Å². The average molecular weight is 745 g/mol. The molecule has 0 aromatic heterocycles. The minimum Gasteiger partial charge on any atom is -0.462 e. The van der Waals surface area contributed by atoms with Gasteiger partial charge < -0.3 is 18.9 Å². The molecular formula is C36H42Cl4O8. The Balaban J connectivity index is 1.44. The van der Waals surface area contributed by atoms with Crippen molar-refractivity contribution in [3.8, 4) is 11.5 Å². The third-order valence-corrected chi connectivity index (χ3v) is 11.7. The minimum atomic E-state index is -1.56. The van der Waals surface area contributed by atoms with E-state index in [4.69, 9.17) is 65.4 Å². The fourth-order valence-electron chi connectivity index (χ4n) is 6.58. The SMILES string of the molecule is Cc1cc(Cl)c(OC(=O)C(=O)Oc2c(Cl)cc(C)c(Cl)c2C(=O)OCCCC2CC(C)C2C)c(C(=O)OCCCC2CC(C)C2C)c1Cl. The van der Waals surface area contributed by atoms with Gasteiger partial charge in [0.05, 0.1) is 33.3 Å². The minimum absolute atomic E-state index is 0.0540. The van der Waals surface area contributed by atoms with Crippen molar-refractivity contribution in [2.45, 2.75) is 80.1 Å². The molecule has 0 bridgehead atoms. The lowest BCUT2D eigenvalue weighted by atomic mass is 9.65. The Morgan fingerprint density at radius 1 is 0.646 bits per heavy atom. The molecule has 4 rings (SSSR count). The van der Waals surface area contributed by atoms with Crippen LogP contribution in [0.1, 0.15) is 98.1 Å². The van der Waals surface area contributed by atoms with Gasteiger partial charge in [0, 0.05) is 0 Å². The maximum Gasteiger partial charge on any atom is 0.423 e. The molecule has 0 N–H and O–H groups in total. The third-order valence-electron chi connectivity index (χ3n) is 10.2. The molecule has 0 spiro atoms. The predicted octanol–water partition coefficient (Wildman–Crippen LogP) is 9.89. The molecule has 2 fully saturated rings. The van der Waals surface area contributed by atoms with Crippen LogP contribution in [0.3, 0.4) is 0 Å². The number of carbonyl (C=O) groups excluding carboxylic acids is 4. The number of hydrogen-bond acceptors (Lipinski definition) is 8. The Morgan fingerprint density at radius 2 is 1.00 bits per heavy atom. The third kappa shape index (κ3) is 8.61. The van der Waals surface area contributed by atoms with Gasteiger partial charge in [0.25, 0.3) is 0 Å². The van der Waals surface area contributed by atoms with Gasteiger partial charge in [-0.15, -0.1) is 0 Å². The monoisotopic (exact) mass is 742 g/mol. The van der Waals surface area contributed by atoms with E-state index in [1.54, 1.807) is 13.8 Å². The van der Waals surface area contributed by atoms with E-state index in [2.05, 4.69) is 27.7 Å². The van der Waals surface area contributed by atoms with Gasteiger partial charge in [0.1, 0.15) is 11.1 Å². The topological polar surface area (TPSA) is 105 Å². The summed E-state index contributed by atoms with van der Waals surface area (Å²) in [6.07, 6.45) is 5.41. The molecule has 2 saturated carbocycles. The lowest BCUT2D eigenvalue weighted by Gasteiger charge is -2.41. The second kappa shape index (κ2) is 16.5. The first-order chi connectivity index (χ1) is 22.6. The first-order valence-corrected chi connectivity index (χ1v) is 17.9. The second-order valence-corrected chi connectivity index (χ2v) is 15.0. The highest BCUT2D eigenvalue weighted by atomic mass is 35.5. The summed E-state index contributed by atoms with van der Waals surface area (Å²) in [5.74, 6) is -1.99. The van der Waals surface area contributed by atoms with Gasteiger partial charge in [-0.3, -0.25) is 0 Å². The van der Waals surface area contributed by atoms with Crippen LogP contribution in [-0.2, 0) is 19.1 Å². The number of hydrogen-bond donors (Lipinski definition) is 0. The molecule has 6 atom stereocenters. The summed E-state index contributed by atoms with van der Waals surface area (Å²) in [6.45, 7) is 12.4. The van der Waals surface area contributed by atoms with Crippen molar-refractivity contribution in [2.24, 2.45) is 35.5 Å². The highest BCUT2D eigenvalue weighted by Gasteiger charge is 2.35. The number of rotatable bonds is 12. The Kier molecular flexibility index (Phi) is 13.1. The Bertz CT molecular complexity index is 1460. The summed E-state index contributed by atoms with van der Waals surface area (Å²) >= 11 is 25.6. The first-order valence-electron chi connectivity index (χ1n) is 16.4. The molecule has 2 aromatic carbocycles. The van der Waals surface area contributed by atoms with Gasteiger partial charge in [-0.25, -0.2) is 19.2 Å². The zero-order valence-electron chi connectivity index (χ0n) is 28.1. The zero-order chi connectivity index (χ0) is 35.4. The first kappa shape index (κ1) is 38.3. The van der Waals surface area contributed by atoms with Crippen molar-refractivity contribution in [1.82, 2.24) is 0 Å². The van der Waals surface area contributed by atoms with E-state index in [1.807, 2.05) is 0 Å². The van der Waals surface area contributed by atoms with Crippen LogP contribution in [0, 0.1) is 49.4 Å². The molecule has 12 heteroatoms. The van der Waals surface area contributed by atoms with Gasteiger partial charge in [-0.1, -0.05) is 74.1 Å². The zero-order valence-corrected chi connectivity index (χ0v) is 31.1. The molecule has 2 aromatic rings. The Hall–Kier alpha value is -2.52. The summed E-state index contributed by atoms with van der Waals surface area (Å²) in [7, 11) is 0. The van der Waals surface area contributed by atoms with Gasteiger partial charge in [0.2, 0.25) is 0 Å². The van der Waals surface area contributed by atoms with E-state index in [0.29, 0.717) is 59.5 Å². The highest BCUT2D eigenvalue weighted by Crippen LogP contribution is 2.44. The lowest BCUT2D eigenvalue weighted by Crippen LogP contribution is -2.32. The highest BCUT2D eigenvalue weighted by molar-refractivity contribution is 6.40. The quantitative estimate of drug-likeness (QED) is 0.0916. The molecule has 48 heavy (non-hydrogen) atoms. The van der Waals surface area contributed by atoms with E-state index >= 15 is 0 Å². The van der Waals surface area contributed by atoms with Crippen LogP contribution < -0.4 is 9.47 Å². The van der Waals surface area contributed by atoms with Crippen LogP contribution in [0.2, 0.25) is 20.1 Å².